The first kappa shape index (κ1) is 27.5. The summed E-state index contributed by atoms with van der Waals surface area (Å²) in [4.78, 5) is 4.92. The van der Waals surface area contributed by atoms with E-state index in [0.717, 1.165) is 34.1 Å². The zero-order valence-corrected chi connectivity index (χ0v) is 25.8. The summed E-state index contributed by atoms with van der Waals surface area (Å²) in [5, 5.41) is 4.88. The monoisotopic (exact) mass is 568 g/mol. The van der Waals surface area contributed by atoms with Gasteiger partial charge in [-0.25, -0.2) is 0 Å². The molecule has 7 rings (SSSR count). The van der Waals surface area contributed by atoms with E-state index < -0.39 is 0 Å². The van der Waals surface area contributed by atoms with Crippen LogP contribution in [0.15, 0.2) is 146 Å². The lowest BCUT2D eigenvalue weighted by molar-refractivity contribution is 1.23. The Labute approximate surface area is 260 Å². The van der Waals surface area contributed by atoms with Crippen LogP contribution in [0, 0.1) is 27.7 Å². The second-order valence-electron chi connectivity index (χ2n) is 11.8. The van der Waals surface area contributed by atoms with Crippen LogP contribution in [0.5, 0.6) is 0 Å². The number of hydrogen-bond donors (Lipinski definition) is 0. The summed E-state index contributed by atoms with van der Waals surface area (Å²) < 4.78 is 0. The van der Waals surface area contributed by atoms with Gasteiger partial charge in [0.2, 0.25) is 0 Å². The van der Waals surface area contributed by atoms with Gasteiger partial charge >= 0.3 is 0 Å². The number of rotatable bonds is 6. The molecule has 2 heteroatoms. The van der Waals surface area contributed by atoms with E-state index in [4.69, 9.17) is 0 Å². The average molecular weight is 569 g/mol. The average Bonchev–Trinajstić information content (AvgIpc) is 3.03. The van der Waals surface area contributed by atoms with E-state index in [2.05, 4.69) is 183 Å². The van der Waals surface area contributed by atoms with Crippen molar-refractivity contribution in [2.24, 2.45) is 0 Å². The first-order valence-electron chi connectivity index (χ1n) is 15.3. The SMILES string of the molecule is Cc1cccc(N(c2cccc(C)c2)c2c(N(c3cccc(C)c3)c3cccc(C)c3)c3ccccc3c3ccccc23)c1. The van der Waals surface area contributed by atoms with Crippen molar-refractivity contribution in [3.05, 3.63) is 168 Å². The highest BCUT2D eigenvalue weighted by Crippen LogP contribution is 2.53. The summed E-state index contributed by atoms with van der Waals surface area (Å²) in [6.45, 7) is 8.68. The third-order valence-electron chi connectivity index (χ3n) is 8.37. The Kier molecular flexibility index (Phi) is 7.12. The van der Waals surface area contributed by atoms with Gasteiger partial charge in [0.05, 0.1) is 11.4 Å². The van der Waals surface area contributed by atoms with Crippen molar-refractivity contribution in [3.63, 3.8) is 0 Å². The maximum absolute atomic E-state index is 2.46. The molecule has 0 fully saturated rings. The Morgan fingerprint density at radius 1 is 0.295 bits per heavy atom. The zero-order valence-electron chi connectivity index (χ0n) is 25.8. The molecule has 0 aromatic heterocycles. The molecule has 0 bridgehead atoms. The van der Waals surface area contributed by atoms with Gasteiger partial charge in [0.25, 0.3) is 0 Å². The zero-order chi connectivity index (χ0) is 30.2. The van der Waals surface area contributed by atoms with E-state index in [9.17, 15) is 0 Å². The Morgan fingerprint density at radius 3 is 0.841 bits per heavy atom. The highest BCUT2D eigenvalue weighted by atomic mass is 15.2. The highest BCUT2D eigenvalue weighted by Gasteiger charge is 2.27. The highest BCUT2D eigenvalue weighted by molar-refractivity contribution is 6.23. The molecular formula is C42H36N2. The molecule has 0 spiro atoms. The summed E-state index contributed by atoms with van der Waals surface area (Å²) in [5.41, 5.74) is 11.7. The summed E-state index contributed by atoms with van der Waals surface area (Å²) >= 11 is 0. The van der Waals surface area contributed by atoms with Gasteiger partial charge in [-0.1, -0.05) is 97.1 Å². The second-order valence-corrected chi connectivity index (χ2v) is 11.8. The van der Waals surface area contributed by atoms with Crippen molar-refractivity contribution in [1.82, 2.24) is 0 Å². The standard InChI is InChI=1S/C42H36N2/c1-29-13-9-17-33(25-29)43(34-18-10-14-30(2)26-34)41-39-23-7-5-21-37(39)38-22-6-8-24-40(38)42(41)44(35-19-11-15-31(3)27-35)36-20-12-16-32(4)28-36/h5-28H,1-4H3. The topological polar surface area (TPSA) is 6.48 Å². The maximum atomic E-state index is 2.46. The first-order chi connectivity index (χ1) is 21.5. The number of benzene rings is 7. The maximum Gasteiger partial charge on any atom is 0.0788 e. The predicted molar refractivity (Wildman–Crippen MR) is 190 cm³/mol. The lowest BCUT2D eigenvalue weighted by Gasteiger charge is -2.36. The van der Waals surface area contributed by atoms with Gasteiger partial charge in [-0.05, 0) is 109 Å². The van der Waals surface area contributed by atoms with E-state index in [1.54, 1.807) is 0 Å². The fraction of sp³-hybridized carbons (Fsp3) is 0.0952. The van der Waals surface area contributed by atoms with E-state index in [1.807, 2.05) is 0 Å². The van der Waals surface area contributed by atoms with Gasteiger partial charge in [0, 0.05) is 33.5 Å². The lowest BCUT2D eigenvalue weighted by atomic mass is 9.95. The Morgan fingerprint density at radius 2 is 0.568 bits per heavy atom. The normalized spacial score (nSPS) is 11.2. The van der Waals surface area contributed by atoms with E-state index in [1.165, 1.54) is 43.8 Å². The van der Waals surface area contributed by atoms with Crippen molar-refractivity contribution in [2.75, 3.05) is 9.80 Å². The second kappa shape index (κ2) is 11.4. The van der Waals surface area contributed by atoms with Crippen LogP contribution in [0.3, 0.4) is 0 Å². The summed E-state index contributed by atoms with van der Waals surface area (Å²) in [6, 6.07) is 53.1. The Hall–Kier alpha value is -5.34. The largest absolute Gasteiger partial charge is 0.308 e. The van der Waals surface area contributed by atoms with Crippen LogP contribution in [0.1, 0.15) is 22.3 Å². The molecule has 0 saturated carbocycles. The molecule has 214 valence electrons. The Balaban J connectivity index is 1.71. The van der Waals surface area contributed by atoms with Crippen LogP contribution in [-0.4, -0.2) is 0 Å². The molecule has 0 heterocycles. The minimum absolute atomic E-state index is 1.13. The third-order valence-corrected chi connectivity index (χ3v) is 8.37. The molecule has 44 heavy (non-hydrogen) atoms. The van der Waals surface area contributed by atoms with Crippen LogP contribution in [0.4, 0.5) is 34.1 Å². The predicted octanol–water partition coefficient (Wildman–Crippen LogP) is 12.2. The van der Waals surface area contributed by atoms with Crippen molar-refractivity contribution >= 4 is 55.7 Å². The van der Waals surface area contributed by atoms with Gasteiger partial charge in [0.1, 0.15) is 0 Å². The molecule has 0 saturated heterocycles. The first-order valence-corrected chi connectivity index (χ1v) is 15.3. The molecular weight excluding hydrogens is 532 g/mol. The smallest absolute Gasteiger partial charge is 0.0788 e. The van der Waals surface area contributed by atoms with E-state index in [0.29, 0.717) is 0 Å². The summed E-state index contributed by atoms with van der Waals surface area (Å²) in [7, 11) is 0. The lowest BCUT2D eigenvalue weighted by Crippen LogP contribution is -2.18. The number of nitrogens with zero attached hydrogens (tertiary/aromatic N) is 2. The van der Waals surface area contributed by atoms with Gasteiger partial charge in [-0.3, -0.25) is 0 Å². The number of aryl methyl sites for hydroxylation is 4. The van der Waals surface area contributed by atoms with Crippen molar-refractivity contribution < 1.29 is 0 Å². The quantitative estimate of drug-likeness (QED) is 0.145. The van der Waals surface area contributed by atoms with Crippen molar-refractivity contribution in [3.8, 4) is 0 Å². The number of fused-ring (bicyclic) bond motifs is 3. The van der Waals surface area contributed by atoms with E-state index >= 15 is 0 Å². The molecule has 0 aliphatic rings. The number of anilines is 6. The molecule has 7 aromatic rings. The molecule has 0 amide bonds. The number of hydrogen-bond acceptors (Lipinski definition) is 2. The minimum Gasteiger partial charge on any atom is -0.308 e. The molecule has 0 N–H and O–H groups in total. The van der Waals surface area contributed by atoms with Crippen LogP contribution in [0.25, 0.3) is 21.5 Å². The van der Waals surface area contributed by atoms with Crippen molar-refractivity contribution in [1.29, 1.82) is 0 Å². The van der Waals surface area contributed by atoms with Crippen LogP contribution in [-0.2, 0) is 0 Å². The van der Waals surface area contributed by atoms with Gasteiger partial charge in [-0.15, -0.1) is 0 Å². The van der Waals surface area contributed by atoms with E-state index in [-0.39, 0.29) is 0 Å². The fourth-order valence-corrected chi connectivity index (χ4v) is 6.44. The molecule has 0 aliphatic carbocycles. The van der Waals surface area contributed by atoms with Gasteiger partial charge in [0.15, 0.2) is 0 Å². The molecule has 0 atom stereocenters. The van der Waals surface area contributed by atoms with Gasteiger partial charge < -0.3 is 9.80 Å². The Bertz CT molecular complexity index is 1900. The summed E-state index contributed by atoms with van der Waals surface area (Å²) in [6.07, 6.45) is 0. The van der Waals surface area contributed by atoms with Crippen molar-refractivity contribution in [2.45, 2.75) is 27.7 Å². The van der Waals surface area contributed by atoms with Crippen LogP contribution >= 0.6 is 0 Å². The third kappa shape index (κ3) is 4.99. The minimum atomic E-state index is 1.13. The molecule has 2 nitrogen and oxygen atoms in total. The molecule has 0 radical (unpaired) electrons. The molecule has 0 aliphatic heterocycles. The molecule has 7 aromatic carbocycles. The van der Waals surface area contributed by atoms with Gasteiger partial charge in [-0.2, -0.15) is 0 Å². The van der Waals surface area contributed by atoms with Crippen LogP contribution < -0.4 is 9.80 Å². The fourth-order valence-electron chi connectivity index (χ4n) is 6.44. The van der Waals surface area contributed by atoms with Crippen LogP contribution in [0.2, 0.25) is 0 Å². The molecule has 0 unspecified atom stereocenters. The summed E-state index contributed by atoms with van der Waals surface area (Å²) in [5.74, 6) is 0.